The molecule has 4 heteroatoms. The molecule has 0 amide bonds. The Kier molecular flexibility index (Phi) is 5.56. The van der Waals surface area contributed by atoms with Crippen molar-refractivity contribution in [1.82, 2.24) is 4.90 Å². The molecule has 0 radical (unpaired) electrons. The average Bonchev–Trinajstić information content (AvgIpc) is 2.47. The van der Waals surface area contributed by atoms with Crippen LogP contribution in [0.4, 0.5) is 0 Å². The van der Waals surface area contributed by atoms with Crippen LogP contribution in [0.25, 0.3) is 0 Å². The minimum Gasteiger partial charge on any atom is -0.466 e. The van der Waals surface area contributed by atoms with Crippen LogP contribution in [0.5, 0.6) is 0 Å². The van der Waals surface area contributed by atoms with Crippen molar-refractivity contribution in [1.29, 1.82) is 0 Å². The van der Waals surface area contributed by atoms with Gasteiger partial charge in [0, 0.05) is 25.6 Å². The van der Waals surface area contributed by atoms with Crippen molar-refractivity contribution in [2.45, 2.75) is 32.2 Å². The predicted molar refractivity (Wildman–Crippen MR) is 79.4 cm³/mol. The molecule has 0 bridgehead atoms. The van der Waals surface area contributed by atoms with Crippen LogP contribution in [0, 0.1) is 0 Å². The van der Waals surface area contributed by atoms with Gasteiger partial charge in [0.15, 0.2) is 0 Å². The number of rotatable bonds is 6. The smallest absolute Gasteiger partial charge is 0.305 e. The summed E-state index contributed by atoms with van der Waals surface area (Å²) in [5, 5.41) is 0. The molecule has 2 N–H and O–H groups in total. The lowest BCUT2D eigenvalue weighted by Crippen LogP contribution is -2.40. The van der Waals surface area contributed by atoms with Crippen LogP contribution in [-0.2, 0) is 16.0 Å². The van der Waals surface area contributed by atoms with E-state index in [1.807, 2.05) is 6.92 Å². The molecule has 0 saturated heterocycles. The molecule has 0 saturated carbocycles. The number of hydrogen-bond donors (Lipinski definition) is 1. The molecule has 1 aliphatic rings. The van der Waals surface area contributed by atoms with Gasteiger partial charge in [-0.1, -0.05) is 24.3 Å². The zero-order chi connectivity index (χ0) is 14.4. The van der Waals surface area contributed by atoms with Gasteiger partial charge in [0.1, 0.15) is 0 Å². The number of nitrogens with zero attached hydrogens (tertiary/aromatic N) is 1. The SMILES string of the molecule is CCOC(=O)CCCN1CCc2ccccc2C1CN. The van der Waals surface area contributed by atoms with Gasteiger partial charge in [0.2, 0.25) is 0 Å². The molecular weight excluding hydrogens is 252 g/mol. The van der Waals surface area contributed by atoms with E-state index in [-0.39, 0.29) is 12.0 Å². The second-order valence-corrected chi connectivity index (χ2v) is 5.14. The number of fused-ring (bicyclic) bond motifs is 1. The molecule has 0 aromatic heterocycles. The second-order valence-electron chi connectivity index (χ2n) is 5.14. The number of nitrogens with two attached hydrogens (primary N) is 1. The van der Waals surface area contributed by atoms with Crippen molar-refractivity contribution in [2.75, 3.05) is 26.2 Å². The normalized spacial score (nSPS) is 18.6. The van der Waals surface area contributed by atoms with Gasteiger partial charge in [-0.05, 0) is 37.4 Å². The fourth-order valence-corrected chi connectivity index (χ4v) is 2.91. The van der Waals surface area contributed by atoms with Crippen LogP contribution in [0.3, 0.4) is 0 Å². The molecule has 20 heavy (non-hydrogen) atoms. The van der Waals surface area contributed by atoms with Crippen molar-refractivity contribution >= 4 is 5.97 Å². The van der Waals surface area contributed by atoms with E-state index in [2.05, 4.69) is 29.2 Å². The van der Waals surface area contributed by atoms with Crippen LogP contribution < -0.4 is 5.73 Å². The Morgan fingerprint density at radius 1 is 1.45 bits per heavy atom. The van der Waals surface area contributed by atoms with Crippen LogP contribution >= 0.6 is 0 Å². The number of hydrogen-bond acceptors (Lipinski definition) is 4. The lowest BCUT2D eigenvalue weighted by molar-refractivity contribution is -0.143. The van der Waals surface area contributed by atoms with Gasteiger partial charge in [-0.15, -0.1) is 0 Å². The Hall–Kier alpha value is -1.39. The van der Waals surface area contributed by atoms with E-state index in [1.54, 1.807) is 0 Å². The zero-order valence-corrected chi connectivity index (χ0v) is 12.2. The standard InChI is InChI=1S/C16H24N2O2/c1-2-20-16(19)8-5-10-18-11-9-13-6-3-4-7-14(13)15(18)12-17/h3-4,6-7,15H,2,5,8-12,17H2,1H3. The van der Waals surface area contributed by atoms with E-state index < -0.39 is 0 Å². The van der Waals surface area contributed by atoms with Crippen LogP contribution in [0.15, 0.2) is 24.3 Å². The van der Waals surface area contributed by atoms with Crippen LogP contribution in [0.1, 0.15) is 36.9 Å². The van der Waals surface area contributed by atoms with Crippen LogP contribution in [0.2, 0.25) is 0 Å². The average molecular weight is 276 g/mol. The summed E-state index contributed by atoms with van der Waals surface area (Å²) in [7, 11) is 0. The highest BCUT2D eigenvalue weighted by Gasteiger charge is 2.25. The third kappa shape index (κ3) is 3.58. The van der Waals surface area contributed by atoms with Gasteiger partial charge in [-0.25, -0.2) is 0 Å². The summed E-state index contributed by atoms with van der Waals surface area (Å²) in [4.78, 5) is 13.8. The largest absolute Gasteiger partial charge is 0.466 e. The summed E-state index contributed by atoms with van der Waals surface area (Å²) in [6, 6.07) is 8.80. The van der Waals surface area contributed by atoms with Gasteiger partial charge in [-0.3, -0.25) is 9.69 Å². The lowest BCUT2D eigenvalue weighted by Gasteiger charge is -2.36. The first kappa shape index (κ1) is 15.0. The molecule has 0 fully saturated rings. The highest BCUT2D eigenvalue weighted by Crippen LogP contribution is 2.28. The zero-order valence-electron chi connectivity index (χ0n) is 12.2. The maximum Gasteiger partial charge on any atom is 0.305 e. The first-order valence-electron chi connectivity index (χ1n) is 7.43. The monoisotopic (exact) mass is 276 g/mol. The van der Waals surface area contributed by atoms with Gasteiger partial charge in [0.05, 0.1) is 6.61 Å². The van der Waals surface area contributed by atoms with E-state index in [0.717, 1.165) is 25.9 Å². The molecule has 1 aliphatic heterocycles. The Morgan fingerprint density at radius 3 is 3.00 bits per heavy atom. The number of ether oxygens (including phenoxy) is 1. The number of esters is 1. The molecule has 1 aromatic carbocycles. The van der Waals surface area contributed by atoms with E-state index in [9.17, 15) is 4.79 Å². The summed E-state index contributed by atoms with van der Waals surface area (Å²) >= 11 is 0. The molecule has 0 spiro atoms. The molecule has 1 aromatic rings. The predicted octanol–water partition coefficient (Wildman–Crippen LogP) is 1.89. The van der Waals surface area contributed by atoms with Gasteiger partial charge >= 0.3 is 5.97 Å². The summed E-state index contributed by atoms with van der Waals surface area (Å²) in [5.74, 6) is -0.103. The Labute approximate surface area is 120 Å². The molecule has 0 aliphatic carbocycles. The van der Waals surface area contributed by atoms with Crippen molar-refractivity contribution in [3.63, 3.8) is 0 Å². The topological polar surface area (TPSA) is 55.6 Å². The van der Waals surface area contributed by atoms with Gasteiger partial charge in [-0.2, -0.15) is 0 Å². The fourth-order valence-electron chi connectivity index (χ4n) is 2.91. The fraction of sp³-hybridized carbons (Fsp3) is 0.562. The first-order chi connectivity index (χ1) is 9.76. The van der Waals surface area contributed by atoms with Crippen molar-refractivity contribution < 1.29 is 9.53 Å². The van der Waals surface area contributed by atoms with E-state index in [0.29, 0.717) is 19.6 Å². The quantitative estimate of drug-likeness (QED) is 0.806. The summed E-state index contributed by atoms with van der Waals surface area (Å²) < 4.78 is 4.96. The minimum absolute atomic E-state index is 0.103. The van der Waals surface area contributed by atoms with E-state index in [1.165, 1.54) is 11.1 Å². The van der Waals surface area contributed by atoms with Gasteiger partial charge in [0.25, 0.3) is 0 Å². The molecule has 1 heterocycles. The highest BCUT2D eigenvalue weighted by molar-refractivity contribution is 5.69. The summed E-state index contributed by atoms with van der Waals surface area (Å²) in [6.07, 6.45) is 2.38. The molecule has 4 nitrogen and oxygen atoms in total. The Bertz CT molecular complexity index is 448. The van der Waals surface area contributed by atoms with Crippen molar-refractivity contribution in [3.05, 3.63) is 35.4 Å². The number of benzene rings is 1. The molecule has 1 unspecified atom stereocenters. The molecular formula is C16H24N2O2. The molecule has 1 atom stereocenters. The Morgan fingerprint density at radius 2 is 2.25 bits per heavy atom. The lowest BCUT2D eigenvalue weighted by atomic mass is 9.92. The molecule has 2 rings (SSSR count). The number of carbonyl (C=O) groups excluding carboxylic acids is 1. The third-order valence-electron chi connectivity index (χ3n) is 3.88. The van der Waals surface area contributed by atoms with Crippen molar-refractivity contribution in [2.24, 2.45) is 5.73 Å². The van der Waals surface area contributed by atoms with E-state index >= 15 is 0 Å². The van der Waals surface area contributed by atoms with Crippen molar-refractivity contribution in [3.8, 4) is 0 Å². The maximum absolute atomic E-state index is 11.4. The Balaban J connectivity index is 1.91. The maximum atomic E-state index is 11.4. The van der Waals surface area contributed by atoms with Crippen LogP contribution in [-0.4, -0.2) is 37.1 Å². The van der Waals surface area contributed by atoms with E-state index in [4.69, 9.17) is 10.5 Å². The molecule has 110 valence electrons. The second kappa shape index (κ2) is 7.41. The third-order valence-corrected chi connectivity index (χ3v) is 3.88. The highest BCUT2D eigenvalue weighted by atomic mass is 16.5. The first-order valence-corrected chi connectivity index (χ1v) is 7.43. The summed E-state index contributed by atoms with van der Waals surface area (Å²) in [6.45, 7) is 4.83. The van der Waals surface area contributed by atoms with Gasteiger partial charge < -0.3 is 10.5 Å². The number of carbonyl (C=O) groups is 1. The minimum atomic E-state index is -0.103. The summed E-state index contributed by atoms with van der Waals surface area (Å²) in [5.41, 5.74) is 8.71.